The number of esters is 2. The van der Waals surface area contributed by atoms with Crippen LogP contribution in [0.25, 0.3) is 0 Å². The molecule has 0 spiro atoms. The van der Waals surface area contributed by atoms with Crippen LogP contribution in [0.3, 0.4) is 0 Å². The normalized spacial score (nSPS) is 40.8. The summed E-state index contributed by atoms with van der Waals surface area (Å²) in [5.74, 6) is -1.81. The molecule has 0 aromatic rings. The predicted molar refractivity (Wildman–Crippen MR) is 127 cm³/mol. The van der Waals surface area contributed by atoms with Crippen molar-refractivity contribution in [2.75, 3.05) is 6.61 Å². The molecule has 0 aromatic carbocycles. The molecular weight excluding hydrogens is 432 g/mol. The number of allylic oxidation sites excluding steroid dienone is 1. The molecule has 8 atom stereocenters. The van der Waals surface area contributed by atoms with Crippen LogP contribution in [-0.2, 0) is 23.9 Å². The SMILES string of the molecule is CC(=O)OCC1=C[C@H]2[C@@H]3C(C)(C)[C@]3(OC(=O)C(C)C(C)C)C[C@@H](C)[C@]2(O)[C@@H]2C=C(C)C(=O)[C@H]2C1. The first-order valence-electron chi connectivity index (χ1n) is 12.7. The fraction of sp³-hybridized carbons (Fsp3) is 0.750. The summed E-state index contributed by atoms with van der Waals surface area (Å²) in [5.41, 5.74) is -0.586. The van der Waals surface area contributed by atoms with Crippen LogP contribution < -0.4 is 0 Å². The number of ketones is 1. The molecule has 0 radical (unpaired) electrons. The number of carbonyl (C=O) groups excluding carboxylic acids is 3. The Morgan fingerprint density at radius 2 is 1.82 bits per heavy atom. The molecular formula is C28H40O6. The average Bonchev–Trinajstić information content (AvgIpc) is 3.11. The maximum absolute atomic E-state index is 13.1. The number of rotatable bonds is 5. The van der Waals surface area contributed by atoms with Crippen molar-refractivity contribution in [3.05, 3.63) is 23.3 Å². The number of aliphatic hydroxyl groups is 1. The predicted octanol–water partition coefficient (Wildman–Crippen LogP) is 4.26. The summed E-state index contributed by atoms with van der Waals surface area (Å²) in [6.45, 7) is 15.5. The second kappa shape index (κ2) is 8.04. The summed E-state index contributed by atoms with van der Waals surface area (Å²) in [5, 5.41) is 12.4. The maximum Gasteiger partial charge on any atom is 0.309 e. The average molecular weight is 473 g/mol. The van der Waals surface area contributed by atoms with E-state index in [1.165, 1.54) is 6.92 Å². The zero-order valence-electron chi connectivity index (χ0n) is 21.8. The van der Waals surface area contributed by atoms with Crippen molar-refractivity contribution < 1.29 is 29.0 Å². The van der Waals surface area contributed by atoms with E-state index in [-0.39, 0.29) is 71.2 Å². The van der Waals surface area contributed by atoms with Crippen LogP contribution >= 0.6 is 0 Å². The van der Waals surface area contributed by atoms with E-state index in [2.05, 4.69) is 13.8 Å². The highest BCUT2D eigenvalue weighted by Crippen LogP contribution is 2.76. The van der Waals surface area contributed by atoms with E-state index in [4.69, 9.17) is 9.47 Å². The highest BCUT2D eigenvalue weighted by molar-refractivity contribution is 6.00. The first kappa shape index (κ1) is 25.2. The Morgan fingerprint density at radius 3 is 2.41 bits per heavy atom. The van der Waals surface area contributed by atoms with Gasteiger partial charge >= 0.3 is 11.9 Å². The van der Waals surface area contributed by atoms with Crippen molar-refractivity contribution in [3.63, 3.8) is 0 Å². The smallest absolute Gasteiger partial charge is 0.309 e. The molecule has 34 heavy (non-hydrogen) atoms. The van der Waals surface area contributed by atoms with Gasteiger partial charge in [0.1, 0.15) is 12.2 Å². The summed E-state index contributed by atoms with van der Waals surface area (Å²) in [6, 6.07) is 0. The molecule has 0 bridgehead atoms. The van der Waals surface area contributed by atoms with Crippen molar-refractivity contribution in [1.29, 1.82) is 0 Å². The van der Waals surface area contributed by atoms with Gasteiger partial charge in [-0.1, -0.05) is 53.7 Å². The third-order valence-corrected chi connectivity index (χ3v) is 9.71. The van der Waals surface area contributed by atoms with Gasteiger partial charge in [-0.15, -0.1) is 0 Å². The third-order valence-electron chi connectivity index (χ3n) is 9.71. The van der Waals surface area contributed by atoms with Gasteiger partial charge in [0, 0.05) is 36.0 Å². The van der Waals surface area contributed by atoms with Crippen LogP contribution in [0.1, 0.15) is 68.2 Å². The highest BCUT2D eigenvalue weighted by atomic mass is 16.6. The molecule has 1 unspecified atom stereocenters. The molecule has 2 saturated carbocycles. The molecule has 4 rings (SSSR count). The number of hydrogen-bond donors (Lipinski definition) is 1. The van der Waals surface area contributed by atoms with E-state index in [0.29, 0.717) is 18.4 Å². The summed E-state index contributed by atoms with van der Waals surface area (Å²) >= 11 is 0. The van der Waals surface area contributed by atoms with Crippen LogP contribution in [0.15, 0.2) is 23.3 Å². The van der Waals surface area contributed by atoms with Gasteiger partial charge in [0.2, 0.25) is 0 Å². The minimum absolute atomic E-state index is 0.0593. The van der Waals surface area contributed by atoms with Crippen LogP contribution in [0.2, 0.25) is 0 Å². The van der Waals surface area contributed by atoms with Gasteiger partial charge in [-0.25, -0.2) is 0 Å². The van der Waals surface area contributed by atoms with E-state index < -0.39 is 11.2 Å². The molecule has 0 aliphatic heterocycles. The summed E-state index contributed by atoms with van der Waals surface area (Å²) < 4.78 is 11.7. The van der Waals surface area contributed by atoms with Gasteiger partial charge < -0.3 is 14.6 Å². The van der Waals surface area contributed by atoms with E-state index in [9.17, 15) is 19.5 Å². The molecule has 188 valence electrons. The van der Waals surface area contributed by atoms with Gasteiger partial charge in [-0.3, -0.25) is 14.4 Å². The molecule has 0 heterocycles. The van der Waals surface area contributed by atoms with Crippen molar-refractivity contribution in [1.82, 2.24) is 0 Å². The Hall–Kier alpha value is -1.95. The highest BCUT2D eigenvalue weighted by Gasteiger charge is 2.82. The van der Waals surface area contributed by atoms with Crippen LogP contribution in [-0.4, -0.2) is 40.6 Å². The van der Waals surface area contributed by atoms with E-state index in [1.54, 1.807) is 0 Å². The third kappa shape index (κ3) is 3.42. The minimum atomic E-state index is -1.14. The van der Waals surface area contributed by atoms with E-state index in [1.807, 2.05) is 46.8 Å². The first-order chi connectivity index (χ1) is 15.7. The van der Waals surface area contributed by atoms with Crippen LogP contribution in [0.4, 0.5) is 0 Å². The van der Waals surface area contributed by atoms with Gasteiger partial charge in [0.05, 0.1) is 11.5 Å². The zero-order valence-corrected chi connectivity index (χ0v) is 21.8. The summed E-state index contributed by atoms with van der Waals surface area (Å²) in [6.07, 6.45) is 5.02. The Balaban J connectivity index is 1.78. The van der Waals surface area contributed by atoms with Gasteiger partial charge in [0.15, 0.2) is 5.78 Å². The largest absolute Gasteiger partial charge is 0.461 e. The second-order valence-corrected chi connectivity index (χ2v) is 12.2. The molecule has 0 amide bonds. The number of ether oxygens (including phenoxy) is 2. The summed E-state index contributed by atoms with van der Waals surface area (Å²) in [4.78, 5) is 37.7. The molecule has 4 aliphatic rings. The standard InChI is InChI=1S/C28H40O6/c1-14(2)17(5)25(31)34-27-12-16(4)28(32)21-9-15(3)23(30)20(21)10-19(13-33-18(6)29)11-22(28)24(27)26(27,7)8/h9,11,14,16-17,20-22,24,32H,10,12-13H2,1-8H3/t16-,17?,20+,21-,22+,24-,27+,28+/m1/s1. The minimum Gasteiger partial charge on any atom is -0.461 e. The molecule has 6 nitrogen and oxygen atoms in total. The first-order valence-corrected chi connectivity index (χ1v) is 12.7. The molecule has 4 aliphatic carbocycles. The number of Topliss-reactive ketones (excluding diaryl/α,β-unsaturated/α-hetero) is 1. The fourth-order valence-electron chi connectivity index (χ4n) is 7.26. The van der Waals surface area contributed by atoms with Crippen molar-refractivity contribution in [3.8, 4) is 0 Å². The quantitative estimate of drug-likeness (QED) is 0.475. The lowest BCUT2D eigenvalue weighted by molar-refractivity contribution is -0.177. The Bertz CT molecular complexity index is 973. The van der Waals surface area contributed by atoms with Gasteiger partial charge in [0.25, 0.3) is 0 Å². The van der Waals surface area contributed by atoms with Crippen LogP contribution in [0.5, 0.6) is 0 Å². The fourth-order valence-corrected chi connectivity index (χ4v) is 7.26. The van der Waals surface area contributed by atoms with Crippen molar-refractivity contribution >= 4 is 17.7 Å². The van der Waals surface area contributed by atoms with E-state index in [0.717, 1.165) is 5.57 Å². The molecule has 0 saturated heterocycles. The summed E-state index contributed by atoms with van der Waals surface area (Å²) in [7, 11) is 0. The number of fused-ring (bicyclic) bond motifs is 5. The monoisotopic (exact) mass is 472 g/mol. The lowest BCUT2D eigenvalue weighted by Crippen LogP contribution is -2.56. The molecule has 1 N–H and O–H groups in total. The van der Waals surface area contributed by atoms with Gasteiger partial charge in [-0.05, 0) is 42.7 Å². The van der Waals surface area contributed by atoms with Crippen LogP contribution in [0, 0.1) is 46.8 Å². The maximum atomic E-state index is 13.1. The lowest BCUT2D eigenvalue weighted by Gasteiger charge is -2.49. The van der Waals surface area contributed by atoms with E-state index >= 15 is 0 Å². The Labute approximate surface area is 203 Å². The molecule has 0 aromatic heterocycles. The number of hydrogen-bond acceptors (Lipinski definition) is 6. The van der Waals surface area contributed by atoms with Crippen molar-refractivity contribution in [2.24, 2.45) is 46.8 Å². The molecule has 6 heteroatoms. The zero-order chi connectivity index (χ0) is 25.4. The van der Waals surface area contributed by atoms with Crippen molar-refractivity contribution in [2.45, 2.75) is 79.4 Å². The Morgan fingerprint density at radius 1 is 1.18 bits per heavy atom. The van der Waals surface area contributed by atoms with Gasteiger partial charge in [-0.2, -0.15) is 0 Å². The number of carbonyl (C=O) groups is 3. The lowest BCUT2D eigenvalue weighted by atomic mass is 9.61. The second-order valence-electron chi connectivity index (χ2n) is 12.2. The Kier molecular flexibility index (Phi) is 5.95. The topological polar surface area (TPSA) is 89.9 Å². The molecule has 2 fully saturated rings.